The zero-order valence-corrected chi connectivity index (χ0v) is 9.75. The van der Waals surface area contributed by atoms with E-state index >= 15 is 0 Å². The van der Waals surface area contributed by atoms with Crippen LogP contribution in [0.4, 0.5) is 0 Å². The van der Waals surface area contributed by atoms with Crippen molar-refractivity contribution in [2.75, 3.05) is 0 Å². The van der Waals surface area contributed by atoms with Crippen LogP contribution in [0, 0.1) is 13.6 Å². The van der Waals surface area contributed by atoms with Crippen LogP contribution in [-0.4, -0.2) is 4.98 Å². The Labute approximate surface area is 76.9 Å². The molecular weight excluding hydrogens is 335 g/mol. The van der Waals surface area contributed by atoms with Gasteiger partial charge in [-0.15, -0.1) is 6.20 Å². The SMILES string of the molecule is [Br][Ru+2][Br].[CH3-].[c-]1ccc[nH]1. The summed E-state index contributed by atoms with van der Waals surface area (Å²) in [6.45, 7) is 0. The molecule has 4 heteroatoms. The molecule has 0 radical (unpaired) electrons. The molecule has 1 nitrogen and oxygen atoms in total. The number of H-pyrrole nitrogens is 1. The molecule has 0 atom stereocenters. The molecule has 1 rings (SSSR count). The Morgan fingerprint density at radius 3 is 2.11 bits per heavy atom. The van der Waals surface area contributed by atoms with Gasteiger partial charge in [-0.05, 0) is 0 Å². The van der Waals surface area contributed by atoms with E-state index in [1.807, 2.05) is 18.3 Å². The minimum atomic E-state index is 0. The third-order valence-electron chi connectivity index (χ3n) is 0.442. The van der Waals surface area contributed by atoms with E-state index in [-0.39, 0.29) is 7.43 Å². The van der Waals surface area contributed by atoms with Gasteiger partial charge in [0.15, 0.2) is 0 Å². The van der Waals surface area contributed by atoms with Crippen LogP contribution in [0.5, 0.6) is 0 Å². The Morgan fingerprint density at radius 1 is 1.44 bits per heavy atom. The summed E-state index contributed by atoms with van der Waals surface area (Å²) in [6, 6.07) is 3.71. The quantitative estimate of drug-likeness (QED) is 0.551. The van der Waals surface area contributed by atoms with Crippen molar-refractivity contribution in [3.63, 3.8) is 0 Å². The monoisotopic (exact) mass is 341 g/mol. The van der Waals surface area contributed by atoms with E-state index in [4.69, 9.17) is 0 Å². The summed E-state index contributed by atoms with van der Waals surface area (Å²) >= 11 is 6.64. The zero-order valence-electron chi connectivity index (χ0n) is 4.84. The van der Waals surface area contributed by atoms with Crippen molar-refractivity contribution in [1.82, 2.24) is 4.98 Å². The molecule has 0 fully saturated rings. The summed E-state index contributed by atoms with van der Waals surface area (Å²) in [5.74, 6) is 0. The molecule has 54 valence electrons. The predicted octanol–water partition coefficient (Wildman–Crippen LogP) is 2.95. The average molecular weight is 342 g/mol. The van der Waals surface area contributed by atoms with Crippen LogP contribution < -0.4 is 0 Å². The maximum absolute atomic E-state index is 3.15. The molecule has 1 heterocycles. The molecule has 0 bridgehead atoms. The maximum Gasteiger partial charge on any atom is -0.108 e. The number of rotatable bonds is 0. The fourth-order valence-electron chi connectivity index (χ4n) is 0.241. The van der Waals surface area contributed by atoms with Gasteiger partial charge >= 0.3 is 40.5 Å². The summed E-state index contributed by atoms with van der Waals surface area (Å²) in [6.07, 6.45) is 4.56. The second-order valence-electron chi connectivity index (χ2n) is 0.865. The van der Waals surface area contributed by atoms with E-state index in [2.05, 4.69) is 38.4 Å². The zero-order chi connectivity index (χ0) is 6.24. The van der Waals surface area contributed by atoms with Crippen molar-refractivity contribution in [3.8, 4) is 0 Å². The van der Waals surface area contributed by atoms with E-state index < -0.39 is 0 Å². The van der Waals surface area contributed by atoms with Crippen LogP contribution in [0.3, 0.4) is 0 Å². The van der Waals surface area contributed by atoms with Crippen molar-refractivity contribution < 1.29 is 13.2 Å². The fourth-order valence-corrected chi connectivity index (χ4v) is 0.241. The molecule has 1 N–H and O–H groups in total. The van der Waals surface area contributed by atoms with E-state index in [0.717, 1.165) is 0 Å². The normalized spacial score (nSPS) is 6.44. The van der Waals surface area contributed by atoms with Gasteiger partial charge in [0.25, 0.3) is 0 Å². The number of halogens is 2. The van der Waals surface area contributed by atoms with Gasteiger partial charge in [0.05, 0.1) is 0 Å². The summed E-state index contributed by atoms with van der Waals surface area (Å²) < 4.78 is 0. The van der Waals surface area contributed by atoms with Gasteiger partial charge < -0.3 is 12.4 Å². The molecule has 0 spiro atoms. The van der Waals surface area contributed by atoms with Gasteiger partial charge in [-0.3, -0.25) is 0 Å². The standard InChI is InChI=1S/C4H4N.CH3.2BrH.Ru/c1-2-4-5-3-1;;;;/h1-3,5H;1H3;2*1H;/q2*-1;;;+4/p-2. The van der Waals surface area contributed by atoms with Crippen molar-refractivity contribution in [1.29, 1.82) is 0 Å². The minimum absolute atomic E-state index is 0. The first-order chi connectivity index (χ1) is 3.91. The van der Waals surface area contributed by atoms with E-state index in [1.54, 1.807) is 0 Å². The second-order valence-corrected chi connectivity index (χ2v) is 8.88. The average Bonchev–Trinajstić information content (AvgIpc) is 2.17. The summed E-state index contributed by atoms with van der Waals surface area (Å²) in [5, 5.41) is 0. The third-order valence-corrected chi connectivity index (χ3v) is 0.442. The second kappa shape index (κ2) is 11.6. The fraction of sp³-hybridized carbons (Fsp3) is 0. The van der Waals surface area contributed by atoms with Crippen molar-refractivity contribution in [2.45, 2.75) is 0 Å². The largest absolute Gasteiger partial charge is 0.484 e. The molecule has 0 aliphatic carbocycles. The Bertz CT molecular complexity index is 81.9. The van der Waals surface area contributed by atoms with Crippen LogP contribution in [0.15, 0.2) is 18.3 Å². The van der Waals surface area contributed by atoms with E-state index in [9.17, 15) is 0 Å². The van der Waals surface area contributed by atoms with Crippen LogP contribution in [0.2, 0.25) is 0 Å². The maximum atomic E-state index is 3.15. The Hall–Kier alpha value is 0.863. The Morgan fingerprint density at radius 2 is 2.00 bits per heavy atom. The van der Waals surface area contributed by atoms with Gasteiger partial charge in [0.2, 0.25) is 0 Å². The van der Waals surface area contributed by atoms with Gasteiger partial charge in [-0.1, -0.05) is 0 Å². The number of nitrogens with one attached hydrogen (secondary N) is 1. The summed E-state index contributed by atoms with van der Waals surface area (Å²) in [4.78, 5) is 2.74. The first kappa shape index (κ1) is 12.5. The van der Waals surface area contributed by atoms with Crippen LogP contribution in [0.1, 0.15) is 0 Å². The first-order valence-corrected chi connectivity index (χ1v) is 9.71. The van der Waals surface area contributed by atoms with Crippen molar-refractivity contribution in [2.24, 2.45) is 0 Å². The predicted molar refractivity (Wildman–Crippen MR) is 43.9 cm³/mol. The Kier molecular flexibility index (Phi) is 16.2. The van der Waals surface area contributed by atoms with Gasteiger partial charge in [-0.2, -0.15) is 18.3 Å². The van der Waals surface area contributed by atoms with E-state index in [0.29, 0.717) is 13.2 Å². The molecule has 0 aliphatic heterocycles. The van der Waals surface area contributed by atoms with Crippen LogP contribution in [0.25, 0.3) is 0 Å². The molecular formula is C5H7Br2NRu. The molecule has 0 aromatic carbocycles. The van der Waals surface area contributed by atoms with Gasteiger partial charge in [0, 0.05) is 0 Å². The number of aromatic amines is 1. The number of aromatic nitrogens is 1. The molecule has 0 aliphatic rings. The number of hydrogen-bond acceptors (Lipinski definition) is 0. The smallest absolute Gasteiger partial charge is 0.108 e. The van der Waals surface area contributed by atoms with Gasteiger partial charge in [0.1, 0.15) is 0 Å². The van der Waals surface area contributed by atoms with Gasteiger partial charge in [-0.25, -0.2) is 0 Å². The molecule has 0 saturated heterocycles. The molecule has 1 aromatic heterocycles. The topological polar surface area (TPSA) is 15.8 Å². The molecule has 1 aromatic rings. The van der Waals surface area contributed by atoms with Crippen molar-refractivity contribution >= 4 is 27.2 Å². The number of hydrogen-bond donors (Lipinski definition) is 1. The third kappa shape index (κ3) is 12.1. The Balaban J connectivity index is 0. The molecule has 0 unspecified atom stereocenters. The summed E-state index contributed by atoms with van der Waals surface area (Å²) in [5.41, 5.74) is 0. The summed E-state index contributed by atoms with van der Waals surface area (Å²) in [7, 11) is 0. The molecule has 0 saturated carbocycles. The molecule has 0 amide bonds. The van der Waals surface area contributed by atoms with Crippen LogP contribution >= 0.6 is 27.2 Å². The first-order valence-electron chi connectivity index (χ1n) is 1.76. The van der Waals surface area contributed by atoms with E-state index in [1.165, 1.54) is 0 Å². The van der Waals surface area contributed by atoms with Crippen molar-refractivity contribution in [3.05, 3.63) is 32.0 Å². The van der Waals surface area contributed by atoms with Crippen LogP contribution in [-0.2, 0) is 13.2 Å². The molecule has 9 heavy (non-hydrogen) atoms. The minimum Gasteiger partial charge on any atom is -0.484 e.